The lowest BCUT2D eigenvalue weighted by molar-refractivity contribution is -0.156. The number of carbonyl (C=O) groups excluding carboxylic acids is 2. The molecule has 0 saturated heterocycles. The fraction of sp³-hybridized carbons (Fsp3) is 0.261. The third-order valence-electron chi connectivity index (χ3n) is 5.32. The van der Waals surface area contributed by atoms with E-state index in [0.29, 0.717) is 28.6 Å². The summed E-state index contributed by atoms with van der Waals surface area (Å²) >= 11 is 6.27. The molecule has 0 radical (unpaired) electrons. The highest BCUT2D eigenvalue weighted by molar-refractivity contribution is 6.34. The van der Waals surface area contributed by atoms with Crippen LogP contribution < -0.4 is 16.1 Å². The van der Waals surface area contributed by atoms with Crippen molar-refractivity contribution in [2.45, 2.75) is 31.9 Å². The average molecular weight is 548 g/mol. The van der Waals surface area contributed by atoms with E-state index in [-0.39, 0.29) is 17.3 Å². The minimum atomic E-state index is -5.08. The molecular weight excluding hydrogens is 528 g/mol. The van der Waals surface area contributed by atoms with Gasteiger partial charge in [-0.05, 0) is 42.8 Å². The van der Waals surface area contributed by atoms with Gasteiger partial charge in [0.2, 0.25) is 0 Å². The van der Waals surface area contributed by atoms with Gasteiger partial charge in [-0.2, -0.15) is 31.4 Å². The first-order valence-electron chi connectivity index (χ1n) is 10.6. The molecule has 7 nitrogen and oxygen atoms in total. The van der Waals surface area contributed by atoms with Crippen LogP contribution in [0.2, 0.25) is 5.02 Å². The van der Waals surface area contributed by atoms with Crippen LogP contribution >= 0.6 is 11.6 Å². The van der Waals surface area contributed by atoms with Crippen molar-refractivity contribution in [3.8, 4) is 0 Å². The summed E-state index contributed by atoms with van der Waals surface area (Å²) in [5.41, 5.74) is 0.762. The number of hydrazone groups is 1. The smallest absolute Gasteiger partial charge is 0.340 e. The maximum atomic E-state index is 13.8. The number of alkyl halides is 6. The zero-order valence-corrected chi connectivity index (χ0v) is 20.0. The summed E-state index contributed by atoms with van der Waals surface area (Å²) in [4.78, 5) is 24.2. The van der Waals surface area contributed by atoms with Gasteiger partial charge in [-0.3, -0.25) is 4.79 Å². The van der Waals surface area contributed by atoms with Crippen LogP contribution in [0.1, 0.15) is 40.1 Å². The minimum absolute atomic E-state index is 0.160. The van der Waals surface area contributed by atoms with Gasteiger partial charge in [-0.15, -0.1) is 0 Å². The van der Waals surface area contributed by atoms with Crippen molar-refractivity contribution >= 4 is 40.7 Å². The summed E-state index contributed by atoms with van der Waals surface area (Å²) in [7, 11) is 1.39. The largest absolute Gasteiger partial charge is 0.416 e. The fourth-order valence-corrected chi connectivity index (χ4v) is 3.81. The van der Waals surface area contributed by atoms with Crippen molar-refractivity contribution in [3.05, 3.63) is 69.9 Å². The number of amides is 3. The maximum Gasteiger partial charge on any atom is 0.416 e. The lowest BCUT2D eigenvalue weighted by Crippen LogP contribution is -2.39. The molecule has 1 unspecified atom stereocenters. The van der Waals surface area contributed by atoms with Crippen molar-refractivity contribution in [1.29, 1.82) is 0 Å². The Bertz CT molecular complexity index is 1350. The highest BCUT2D eigenvalue weighted by Crippen LogP contribution is 2.37. The maximum absolute atomic E-state index is 13.8. The molecule has 37 heavy (non-hydrogen) atoms. The number of hydrogen-bond donors (Lipinski definition) is 3. The first-order chi connectivity index (χ1) is 17.3. The standard InChI is InChI=1S/C23H20ClF6N5O2/c1-3-35-17-10-16(24)14(11-32-34-21(37)31-2)7-13(17)9-18(35)20(36)33-19(23(28,29)30)12-5-4-6-15(8-12)22(25,26)27/h4-11,19H,3H2,1-2H3,(H,33,36)(H2,31,34,37)/b32-11+. The summed E-state index contributed by atoms with van der Waals surface area (Å²) in [6, 6.07) is 3.76. The first kappa shape index (κ1) is 27.8. The lowest BCUT2D eigenvalue weighted by Gasteiger charge is -2.23. The molecule has 3 rings (SSSR count). The van der Waals surface area contributed by atoms with Crippen molar-refractivity contribution < 1.29 is 35.9 Å². The van der Waals surface area contributed by atoms with Crippen LogP contribution in [0.25, 0.3) is 10.9 Å². The molecular formula is C23H20ClF6N5O2. The van der Waals surface area contributed by atoms with Crippen LogP contribution in [0.3, 0.4) is 0 Å². The monoisotopic (exact) mass is 547 g/mol. The number of nitrogens with one attached hydrogen (secondary N) is 3. The van der Waals surface area contributed by atoms with Crippen LogP contribution in [0, 0.1) is 0 Å². The number of nitrogens with zero attached hydrogens (tertiary/aromatic N) is 2. The molecule has 3 aromatic rings. The van der Waals surface area contributed by atoms with Gasteiger partial charge in [0, 0.05) is 24.5 Å². The highest BCUT2D eigenvalue weighted by Gasteiger charge is 2.43. The van der Waals surface area contributed by atoms with Gasteiger partial charge in [-0.25, -0.2) is 10.2 Å². The molecule has 3 amide bonds. The van der Waals surface area contributed by atoms with Crippen LogP contribution in [-0.2, 0) is 12.7 Å². The summed E-state index contributed by atoms with van der Waals surface area (Å²) in [5, 5.41) is 8.46. The Kier molecular flexibility index (Phi) is 8.06. The van der Waals surface area contributed by atoms with E-state index in [9.17, 15) is 35.9 Å². The van der Waals surface area contributed by atoms with E-state index in [2.05, 4.69) is 15.8 Å². The molecule has 0 aliphatic rings. The molecule has 0 spiro atoms. The fourth-order valence-electron chi connectivity index (χ4n) is 3.60. The quantitative estimate of drug-likeness (QED) is 0.212. The molecule has 1 heterocycles. The Morgan fingerprint density at radius 2 is 1.81 bits per heavy atom. The van der Waals surface area contributed by atoms with E-state index in [1.54, 1.807) is 6.92 Å². The predicted molar refractivity (Wildman–Crippen MR) is 126 cm³/mol. The van der Waals surface area contributed by atoms with Crippen molar-refractivity contribution in [1.82, 2.24) is 20.6 Å². The van der Waals surface area contributed by atoms with E-state index in [1.807, 2.05) is 5.32 Å². The second-order valence-electron chi connectivity index (χ2n) is 7.73. The Hall–Kier alpha value is -3.74. The number of aromatic nitrogens is 1. The van der Waals surface area contributed by atoms with Gasteiger partial charge >= 0.3 is 18.4 Å². The van der Waals surface area contributed by atoms with Gasteiger partial charge in [0.25, 0.3) is 5.91 Å². The van der Waals surface area contributed by atoms with Crippen LogP contribution in [-0.4, -0.2) is 35.9 Å². The molecule has 0 bridgehead atoms. The zero-order valence-electron chi connectivity index (χ0n) is 19.3. The van der Waals surface area contributed by atoms with Gasteiger partial charge in [0.05, 0.1) is 22.3 Å². The molecule has 1 atom stereocenters. The van der Waals surface area contributed by atoms with Gasteiger partial charge in [-0.1, -0.05) is 23.7 Å². The Morgan fingerprint density at radius 1 is 1.11 bits per heavy atom. The highest BCUT2D eigenvalue weighted by atomic mass is 35.5. The normalized spacial score (nSPS) is 13.1. The topological polar surface area (TPSA) is 87.5 Å². The molecule has 198 valence electrons. The summed E-state index contributed by atoms with van der Waals surface area (Å²) in [5.74, 6) is -1.15. The van der Waals surface area contributed by atoms with Crippen molar-refractivity contribution in [3.63, 3.8) is 0 Å². The number of hydrogen-bond acceptors (Lipinski definition) is 3. The van der Waals surface area contributed by atoms with E-state index >= 15 is 0 Å². The number of carbonyl (C=O) groups is 2. The third kappa shape index (κ3) is 6.34. The number of fused-ring (bicyclic) bond motifs is 1. The van der Waals surface area contributed by atoms with E-state index in [0.717, 1.165) is 12.1 Å². The molecule has 0 aliphatic heterocycles. The Balaban J connectivity index is 1.99. The summed E-state index contributed by atoms with van der Waals surface area (Å²) in [6.07, 6.45) is -8.69. The van der Waals surface area contributed by atoms with Gasteiger partial charge in [0.15, 0.2) is 6.04 Å². The second-order valence-corrected chi connectivity index (χ2v) is 8.13. The number of aryl methyl sites for hydroxylation is 1. The van der Waals surface area contributed by atoms with E-state index in [1.165, 1.54) is 36.0 Å². The van der Waals surface area contributed by atoms with Gasteiger partial charge < -0.3 is 15.2 Å². The first-order valence-corrected chi connectivity index (χ1v) is 11.0. The van der Waals surface area contributed by atoms with Crippen LogP contribution in [0.15, 0.2) is 47.6 Å². The SMILES string of the molecule is CCn1c(C(=O)NC(c2cccc(C(F)(F)F)c2)C(F)(F)F)cc2cc(/C=N/NC(=O)NC)c(Cl)cc21. The molecule has 0 fully saturated rings. The number of rotatable bonds is 6. The zero-order chi connectivity index (χ0) is 27.5. The number of urea groups is 1. The summed E-state index contributed by atoms with van der Waals surface area (Å²) in [6.45, 7) is 1.83. The second kappa shape index (κ2) is 10.7. The van der Waals surface area contributed by atoms with E-state index in [4.69, 9.17) is 11.6 Å². The lowest BCUT2D eigenvalue weighted by atomic mass is 10.0. The number of benzene rings is 2. The molecule has 1 aromatic heterocycles. The molecule has 3 N–H and O–H groups in total. The molecule has 2 aromatic carbocycles. The average Bonchev–Trinajstić information content (AvgIpc) is 3.18. The summed E-state index contributed by atoms with van der Waals surface area (Å²) < 4.78 is 82.1. The van der Waals surface area contributed by atoms with Crippen molar-refractivity contribution in [2.75, 3.05) is 7.05 Å². The predicted octanol–water partition coefficient (Wildman–Crippen LogP) is 5.63. The minimum Gasteiger partial charge on any atom is -0.340 e. The molecule has 0 saturated carbocycles. The Morgan fingerprint density at radius 3 is 2.41 bits per heavy atom. The van der Waals surface area contributed by atoms with Gasteiger partial charge in [0.1, 0.15) is 5.69 Å². The van der Waals surface area contributed by atoms with Crippen LogP contribution in [0.5, 0.6) is 0 Å². The van der Waals surface area contributed by atoms with Crippen molar-refractivity contribution in [2.24, 2.45) is 5.10 Å². The molecule has 14 heteroatoms. The molecule has 0 aliphatic carbocycles. The number of halogens is 7. The van der Waals surface area contributed by atoms with Crippen LogP contribution in [0.4, 0.5) is 31.1 Å². The Labute approximate surface area is 211 Å². The third-order valence-corrected chi connectivity index (χ3v) is 5.64. The van der Waals surface area contributed by atoms with E-state index < -0.39 is 41.5 Å².